The first-order valence-electron chi connectivity index (χ1n) is 6.52. The van der Waals surface area contributed by atoms with Gasteiger partial charge in [-0.1, -0.05) is 13.8 Å². The Hall–Kier alpha value is -0.120. The van der Waals surface area contributed by atoms with E-state index in [2.05, 4.69) is 18.7 Å². The summed E-state index contributed by atoms with van der Waals surface area (Å²) in [7, 11) is 1.78. The number of nitrogens with zero attached hydrogens (tertiary/aromatic N) is 1. The quantitative estimate of drug-likeness (QED) is 0.722. The number of hydrogen-bond donors (Lipinski definition) is 1. The molecule has 1 heterocycles. The molecule has 16 heavy (non-hydrogen) atoms. The molecule has 0 aromatic carbocycles. The van der Waals surface area contributed by atoms with E-state index in [1.54, 1.807) is 7.11 Å². The molecule has 0 spiro atoms. The van der Waals surface area contributed by atoms with Crippen molar-refractivity contribution in [1.29, 1.82) is 0 Å². The van der Waals surface area contributed by atoms with E-state index in [9.17, 15) is 5.11 Å². The topological polar surface area (TPSA) is 32.7 Å². The average Bonchev–Trinajstić information content (AvgIpc) is 2.74. The number of ether oxygens (including phenoxy) is 1. The molecule has 1 rings (SSSR count). The zero-order chi connectivity index (χ0) is 12.0. The Kier molecular flexibility index (Phi) is 5.73. The highest BCUT2D eigenvalue weighted by Crippen LogP contribution is 2.29. The Morgan fingerprint density at radius 3 is 2.56 bits per heavy atom. The van der Waals surface area contributed by atoms with Crippen LogP contribution in [0.1, 0.15) is 33.1 Å². The average molecular weight is 229 g/mol. The molecule has 0 amide bonds. The molecule has 1 N–H and O–H groups in total. The summed E-state index contributed by atoms with van der Waals surface area (Å²) in [6, 6.07) is 0. The largest absolute Gasteiger partial charge is 0.396 e. The van der Waals surface area contributed by atoms with Crippen molar-refractivity contribution < 1.29 is 9.84 Å². The molecular formula is C13H27NO2. The fraction of sp³-hybridized carbons (Fsp3) is 1.00. The van der Waals surface area contributed by atoms with Crippen LogP contribution in [0, 0.1) is 11.3 Å². The minimum atomic E-state index is 0.113. The maximum atomic E-state index is 9.55. The summed E-state index contributed by atoms with van der Waals surface area (Å²) >= 11 is 0. The molecule has 0 radical (unpaired) electrons. The van der Waals surface area contributed by atoms with Crippen LogP contribution in [0.25, 0.3) is 0 Å². The lowest BCUT2D eigenvalue weighted by Gasteiger charge is -2.34. The maximum Gasteiger partial charge on any atom is 0.0503 e. The monoisotopic (exact) mass is 229 g/mol. The van der Waals surface area contributed by atoms with Gasteiger partial charge in [0.2, 0.25) is 0 Å². The lowest BCUT2D eigenvalue weighted by Crippen LogP contribution is -2.38. The lowest BCUT2D eigenvalue weighted by molar-refractivity contribution is 0.0707. The smallest absolute Gasteiger partial charge is 0.0503 e. The SMILES string of the molecule is CCC(CC)(CO)CN1CCC(COC)C1. The molecule has 0 aliphatic carbocycles. The van der Waals surface area contributed by atoms with E-state index in [1.807, 2.05) is 0 Å². The molecule has 1 aliphatic heterocycles. The summed E-state index contributed by atoms with van der Waals surface area (Å²) < 4.78 is 5.21. The molecule has 96 valence electrons. The van der Waals surface area contributed by atoms with Gasteiger partial charge in [-0.05, 0) is 31.7 Å². The first-order valence-corrected chi connectivity index (χ1v) is 6.52. The zero-order valence-corrected chi connectivity index (χ0v) is 11.0. The third-order valence-electron chi connectivity index (χ3n) is 4.17. The molecule has 3 nitrogen and oxygen atoms in total. The van der Waals surface area contributed by atoms with Crippen molar-refractivity contribution in [3.05, 3.63) is 0 Å². The fourth-order valence-corrected chi connectivity index (χ4v) is 2.65. The summed E-state index contributed by atoms with van der Waals surface area (Å²) in [6.45, 7) is 8.89. The minimum Gasteiger partial charge on any atom is -0.396 e. The second-order valence-electron chi connectivity index (χ2n) is 5.21. The number of aliphatic hydroxyl groups is 1. The molecular weight excluding hydrogens is 202 g/mol. The van der Waals surface area contributed by atoms with Crippen LogP contribution in [-0.4, -0.2) is 50.0 Å². The number of hydrogen-bond acceptors (Lipinski definition) is 3. The van der Waals surface area contributed by atoms with Gasteiger partial charge in [-0.2, -0.15) is 0 Å². The number of aliphatic hydroxyl groups excluding tert-OH is 1. The second kappa shape index (κ2) is 6.58. The van der Waals surface area contributed by atoms with Crippen LogP contribution in [0.5, 0.6) is 0 Å². The van der Waals surface area contributed by atoms with Crippen molar-refractivity contribution in [2.24, 2.45) is 11.3 Å². The molecule has 0 aromatic rings. The van der Waals surface area contributed by atoms with Crippen molar-refractivity contribution in [3.63, 3.8) is 0 Å². The summed E-state index contributed by atoms with van der Waals surface area (Å²) in [5.41, 5.74) is 0.113. The Balaban J connectivity index is 2.42. The molecule has 1 atom stereocenters. The van der Waals surface area contributed by atoms with E-state index in [-0.39, 0.29) is 5.41 Å². The molecule has 3 heteroatoms. The standard InChI is InChI=1S/C13H27NO2/c1-4-13(5-2,11-15)10-14-7-6-12(8-14)9-16-3/h12,15H,4-11H2,1-3H3. The van der Waals surface area contributed by atoms with Gasteiger partial charge < -0.3 is 14.7 Å². The van der Waals surface area contributed by atoms with Crippen LogP contribution in [0.3, 0.4) is 0 Å². The van der Waals surface area contributed by atoms with Crippen molar-refractivity contribution in [3.8, 4) is 0 Å². The van der Waals surface area contributed by atoms with Gasteiger partial charge in [-0.15, -0.1) is 0 Å². The maximum absolute atomic E-state index is 9.55. The molecule has 1 saturated heterocycles. The highest BCUT2D eigenvalue weighted by atomic mass is 16.5. The first-order chi connectivity index (χ1) is 7.69. The summed E-state index contributed by atoms with van der Waals surface area (Å²) in [5, 5.41) is 9.55. The molecule has 1 unspecified atom stereocenters. The van der Waals surface area contributed by atoms with Crippen LogP contribution < -0.4 is 0 Å². The van der Waals surface area contributed by atoms with Gasteiger partial charge in [0, 0.05) is 32.2 Å². The highest BCUT2D eigenvalue weighted by molar-refractivity contribution is 4.84. The van der Waals surface area contributed by atoms with E-state index in [1.165, 1.54) is 6.42 Å². The Morgan fingerprint density at radius 2 is 2.06 bits per heavy atom. The first kappa shape index (κ1) is 13.9. The van der Waals surface area contributed by atoms with Gasteiger partial charge in [0.05, 0.1) is 6.61 Å². The number of methoxy groups -OCH3 is 1. The highest BCUT2D eigenvalue weighted by Gasteiger charge is 2.31. The van der Waals surface area contributed by atoms with Crippen LogP contribution in [0.2, 0.25) is 0 Å². The van der Waals surface area contributed by atoms with E-state index in [0.717, 1.165) is 39.1 Å². The minimum absolute atomic E-state index is 0.113. The van der Waals surface area contributed by atoms with E-state index < -0.39 is 0 Å². The van der Waals surface area contributed by atoms with E-state index in [4.69, 9.17) is 4.74 Å². The molecule has 1 fully saturated rings. The number of rotatable bonds is 7. The predicted octanol–water partition coefficient (Wildman–Crippen LogP) is 1.75. The van der Waals surface area contributed by atoms with Gasteiger partial charge in [0.25, 0.3) is 0 Å². The van der Waals surface area contributed by atoms with Crippen molar-refractivity contribution >= 4 is 0 Å². The zero-order valence-electron chi connectivity index (χ0n) is 11.0. The normalized spacial score (nSPS) is 22.9. The predicted molar refractivity (Wildman–Crippen MR) is 66.5 cm³/mol. The molecule has 0 bridgehead atoms. The van der Waals surface area contributed by atoms with Gasteiger partial charge in [0.15, 0.2) is 0 Å². The molecule has 0 aromatic heterocycles. The summed E-state index contributed by atoms with van der Waals surface area (Å²) in [4.78, 5) is 2.49. The summed E-state index contributed by atoms with van der Waals surface area (Å²) in [5.74, 6) is 0.690. The van der Waals surface area contributed by atoms with Crippen LogP contribution in [-0.2, 0) is 4.74 Å². The molecule has 1 aliphatic rings. The third kappa shape index (κ3) is 3.44. The van der Waals surface area contributed by atoms with Gasteiger partial charge in [-0.25, -0.2) is 0 Å². The lowest BCUT2D eigenvalue weighted by atomic mass is 9.83. The second-order valence-corrected chi connectivity index (χ2v) is 5.21. The van der Waals surface area contributed by atoms with Gasteiger partial charge >= 0.3 is 0 Å². The van der Waals surface area contributed by atoms with Crippen molar-refractivity contribution in [1.82, 2.24) is 4.90 Å². The molecule has 0 saturated carbocycles. The van der Waals surface area contributed by atoms with E-state index in [0.29, 0.717) is 12.5 Å². The van der Waals surface area contributed by atoms with Crippen LogP contribution in [0.15, 0.2) is 0 Å². The third-order valence-corrected chi connectivity index (χ3v) is 4.17. The Bertz CT molecular complexity index is 184. The van der Waals surface area contributed by atoms with Crippen LogP contribution >= 0.6 is 0 Å². The van der Waals surface area contributed by atoms with Gasteiger partial charge in [-0.3, -0.25) is 0 Å². The van der Waals surface area contributed by atoms with Crippen molar-refractivity contribution in [2.75, 3.05) is 40.0 Å². The van der Waals surface area contributed by atoms with Crippen molar-refractivity contribution in [2.45, 2.75) is 33.1 Å². The van der Waals surface area contributed by atoms with Crippen LogP contribution in [0.4, 0.5) is 0 Å². The number of likely N-dealkylation sites (tertiary alicyclic amines) is 1. The van der Waals surface area contributed by atoms with E-state index >= 15 is 0 Å². The Morgan fingerprint density at radius 1 is 1.38 bits per heavy atom. The van der Waals surface area contributed by atoms with Gasteiger partial charge in [0.1, 0.15) is 0 Å². The fourth-order valence-electron chi connectivity index (χ4n) is 2.65. The Labute approximate surface area is 99.8 Å². The summed E-state index contributed by atoms with van der Waals surface area (Å²) in [6.07, 6.45) is 3.36.